The van der Waals surface area contributed by atoms with Crippen molar-refractivity contribution in [2.24, 2.45) is 0 Å². The van der Waals surface area contributed by atoms with Gasteiger partial charge in [-0.3, -0.25) is 4.79 Å². The Morgan fingerprint density at radius 2 is 2.08 bits per heavy atom. The second-order valence-corrected chi connectivity index (χ2v) is 7.07. The lowest BCUT2D eigenvalue weighted by atomic mass is 10.1. The van der Waals surface area contributed by atoms with E-state index in [1.54, 1.807) is 16.8 Å². The molecule has 0 aliphatic heterocycles. The molecule has 126 valence electrons. The van der Waals surface area contributed by atoms with Crippen molar-refractivity contribution < 1.29 is 23.9 Å². The molecule has 24 heavy (non-hydrogen) atoms. The molecule has 0 saturated heterocycles. The molecule has 0 atom stereocenters. The molecule has 3 rings (SSSR count). The first-order valence-corrected chi connectivity index (χ1v) is 9.08. The van der Waals surface area contributed by atoms with Gasteiger partial charge in [0.2, 0.25) is 0 Å². The Bertz CT molecular complexity index is 779. The number of amides is 1. The van der Waals surface area contributed by atoms with E-state index in [1.807, 2.05) is 0 Å². The van der Waals surface area contributed by atoms with Crippen molar-refractivity contribution in [1.29, 1.82) is 0 Å². The van der Waals surface area contributed by atoms with Crippen molar-refractivity contribution in [3.05, 3.63) is 38.4 Å². The fraction of sp³-hybridized carbons (Fsp3) is 0.312. The summed E-state index contributed by atoms with van der Waals surface area (Å²) in [7, 11) is 1.32. The number of ether oxygens (including phenoxy) is 2. The number of methoxy groups -OCH3 is 1. The number of aryl methyl sites for hydroxylation is 1. The van der Waals surface area contributed by atoms with Gasteiger partial charge in [0.05, 0.1) is 18.2 Å². The molecular weight excluding hydrogens is 350 g/mol. The van der Waals surface area contributed by atoms with Gasteiger partial charge in [0.25, 0.3) is 5.91 Å². The minimum atomic E-state index is -0.548. The van der Waals surface area contributed by atoms with E-state index in [1.165, 1.54) is 29.8 Å². The molecule has 0 spiro atoms. The maximum Gasteiger partial charge on any atom is 0.341 e. The molecule has 0 bridgehead atoms. The zero-order valence-electron chi connectivity index (χ0n) is 12.9. The summed E-state index contributed by atoms with van der Waals surface area (Å²) in [4.78, 5) is 36.9. The molecule has 0 radical (unpaired) electrons. The van der Waals surface area contributed by atoms with Crippen molar-refractivity contribution in [3.8, 4) is 0 Å². The van der Waals surface area contributed by atoms with E-state index in [9.17, 15) is 14.4 Å². The average molecular weight is 365 g/mol. The van der Waals surface area contributed by atoms with Crippen LogP contribution in [0.5, 0.6) is 0 Å². The van der Waals surface area contributed by atoms with Crippen LogP contribution in [-0.2, 0) is 27.1 Å². The van der Waals surface area contributed by atoms with Crippen LogP contribution in [0, 0.1) is 0 Å². The highest BCUT2D eigenvalue weighted by molar-refractivity contribution is 7.17. The summed E-state index contributed by atoms with van der Waals surface area (Å²) < 4.78 is 9.79. The third kappa shape index (κ3) is 3.34. The standard InChI is InChI=1S/C16H15NO5S2/c1-21-16(20)13-10-3-2-4-11(10)24-14(13)17-12(18)7-22-15(19)9-5-6-23-8-9/h5-6,8H,2-4,7H2,1H3,(H,17,18). The van der Waals surface area contributed by atoms with Crippen LogP contribution in [-0.4, -0.2) is 31.6 Å². The Balaban J connectivity index is 1.66. The molecule has 6 nitrogen and oxygen atoms in total. The number of fused-ring (bicyclic) bond motifs is 1. The van der Waals surface area contributed by atoms with Crippen LogP contribution in [0.15, 0.2) is 16.8 Å². The number of esters is 2. The maximum absolute atomic E-state index is 12.0. The van der Waals surface area contributed by atoms with Crippen LogP contribution in [0.4, 0.5) is 5.00 Å². The van der Waals surface area contributed by atoms with Gasteiger partial charge < -0.3 is 14.8 Å². The Kier molecular flexibility index (Phi) is 4.96. The molecule has 0 saturated carbocycles. The average Bonchev–Trinajstić information content (AvgIpc) is 3.28. The van der Waals surface area contributed by atoms with Crippen LogP contribution in [0.1, 0.15) is 37.6 Å². The summed E-state index contributed by atoms with van der Waals surface area (Å²) in [5.41, 5.74) is 1.79. The highest BCUT2D eigenvalue weighted by Crippen LogP contribution is 2.39. The number of carbonyl (C=O) groups is 3. The summed E-state index contributed by atoms with van der Waals surface area (Å²) in [6.07, 6.45) is 2.70. The van der Waals surface area contributed by atoms with Crippen LogP contribution in [0.25, 0.3) is 0 Å². The lowest BCUT2D eigenvalue weighted by Crippen LogP contribution is -2.21. The van der Waals surface area contributed by atoms with E-state index in [4.69, 9.17) is 9.47 Å². The van der Waals surface area contributed by atoms with Crippen LogP contribution < -0.4 is 5.32 Å². The fourth-order valence-corrected chi connectivity index (χ4v) is 4.49. The fourth-order valence-electron chi connectivity index (χ4n) is 2.57. The minimum Gasteiger partial charge on any atom is -0.465 e. The van der Waals surface area contributed by atoms with E-state index in [2.05, 4.69) is 5.32 Å². The molecule has 0 fully saturated rings. The lowest BCUT2D eigenvalue weighted by molar-refractivity contribution is -0.119. The molecule has 2 heterocycles. The summed E-state index contributed by atoms with van der Waals surface area (Å²) in [5, 5.41) is 6.53. The highest BCUT2D eigenvalue weighted by atomic mass is 32.1. The van der Waals surface area contributed by atoms with Gasteiger partial charge in [-0.25, -0.2) is 9.59 Å². The van der Waals surface area contributed by atoms with E-state index in [0.717, 1.165) is 29.7 Å². The van der Waals surface area contributed by atoms with E-state index >= 15 is 0 Å². The van der Waals surface area contributed by atoms with Crippen molar-refractivity contribution in [2.45, 2.75) is 19.3 Å². The van der Waals surface area contributed by atoms with Gasteiger partial charge in [0.15, 0.2) is 6.61 Å². The zero-order chi connectivity index (χ0) is 17.1. The van der Waals surface area contributed by atoms with Crippen molar-refractivity contribution >= 4 is 45.5 Å². The smallest absolute Gasteiger partial charge is 0.341 e. The van der Waals surface area contributed by atoms with E-state index < -0.39 is 24.5 Å². The molecule has 2 aromatic rings. The first kappa shape index (κ1) is 16.7. The van der Waals surface area contributed by atoms with Crippen LogP contribution in [0.2, 0.25) is 0 Å². The number of nitrogens with one attached hydrogen (secondary N) is 1. The van der Waals surface area contributed by atoms with Gasteiger partial charge in [-0.1, -0.05) is 0 Å². The Morgan fingerprint density at radius 1 is 1.25 bits per heavy atom. The zero-order valence-corrected chi connectivity index (χ0v) is 14.6. The van der Waals surface area contributed by atoms with Gasteiger partial charge in [-0.2, -0.15) is 11.3 Å². The topological polar surface area (TPSA) is 81.7 Å². The number of rotatable bonds is 5. The highest BCUT2D eigenvalue weighted by Gasteiger charge is 2.28. The van der Waals surface area contributed by atoms with Crippen LogP contribution >= 0.6 is 22.7 Å². The van der Waals surface area contributed by atoms with Gasteiger partial charge >= 0.3 is 11.9 Å². The monoisotopic (exact) mass is 365 g/mol. The first-order chi connectivity index (χ1) is 11.6. The van der Waals surface area contributed by atoms with E-state index in [0.29, 0.717) is 16.1 Å². The minimum absolute atomic E-state index is 0.405. The summed E-state index contributed by atoms with van der Waals surface area (Å²) in [6.45, 7) is -0.405. The maximum atomic E-state index is 12.0. The molecule has 1 N–H and O–H groups in total. The number of hydrogen-bond acceptors (Lipinski definition) is 7. The predicted octanol–water partition coefficient (Wildman–Crippen LogP) is 2.88. The number of hydrogen-bond donors (Lipinski definition) is 1. The van der Waals surface area contributed by atoms with Gasteiger partial charge in [-0.05, 0) is 36.3 Å². The molecule has 0 unspecified atom stereocenters. The summed E-state index contributed by atoms with van der Waals surface area (Å²) >= 11 is 2.76. The molecule has 2 aromatic heterocycles. The molecular formula is C16H15NO5S2. The first-order valence-electron chi connectivity index (χ1n) is 7.32. The molecule has 8 heteroatoms. The lowest BCUT2D eigenvalue weighted by Gasteiger charge is -2.07. The van der Waals surface area contributed by atoms with Gasteiger partial charge in [-0.15, -0.1) is 11.3 Å². The third-order valence-electron chi connectivity index (χ3n) is 3.66. The Hall–Kier alpha value is -2.19. The second kappa shape index (κ2) is 7.14. The second-order valence-electron chi connectivity index (χ2n) is 5.19. The Morgan fingerprint density at radius 3 is 2.79 bits per heavy atom. The number of anilines is 1. The number of thiophene rings is 2. The van der Waals surface area contributed by atoms with Gasteiger partial charge in [0.1, 0.15) is 5.00 Å². The van der Waals surface area contributed by atoms with Crippen molar-refractivity contribution in [2.75, 3.05) is 19.0 Å². The third-order valence-corrected chi connectivity index (χ3v) is 5.55. The Labute approximate surface area is 146 Å². The summed E-state index contributed by atoms with van der Waals surface area (Å²) in [6, 6.07) is 1.63. The summed E-state index contributed by atoms with van der Waals surface area (Å²) in [5.74, 6) is -1.49. The van der Waals surface area contributed by atoms with Crippen molar-refractivity contribution in [3.63, 3.8) is 0 Å². The van der Waals surface area contributed by atoms with Gasteiger partial charge in [0, 0.05) is 10.3 Å². The molecule has 1 aliphatic carbocycles. The SMILES string of the molecule is COC(=O)c1c(NC(=O)COC(=O)c2ccsc2)sc2c1CCC2. The van der Waals surface area contributed by atoms with Crippen molar-refractivity contribution in [1.82, 2.24) is 0 Å². The normalized spacial score (nSPS) is 12.5. The quantitative estimate of drug-likeness (QED) is 0.824. The van der Waals surface area contributed by atoms with E-state index in [-0.39, 0.29) is 0 Å². The molecule has 1 aliphatic rings. The number of carbonyl (C=O) groups excluding carboxylic acids is 3. The molecule has 0 aromatic carbocycles. The predicted molar refractivity (Wildman–Crippen MR) is 90.9 cm³/mol. The largest absolute Gasteiger partial charge is 0.465 e. The molecule has 1 amide bonds. The van der Waals surface area contributed by atoms with Crippen LogP contribution in [0.3, 0.4) is 0 Å².